The van der Waals surface area contributed by atoms with Gasteiger partial charge in [0.1, 0.15) is 0 Å². The summed E-state index contributed by atoms with van der Waals surface area (Å²) < 4.78 is 19.5. The summed E-state index contributed by atoms with van der Waals surface area (Å²) >= 11 is 0. The third-order valence-electron chi connectivity index (χ3n) is 4.01. The molecule has 0 unspecified atom stereocenters. The highest BCUT2D eigenvalue weighted by Gasteiger charge is 2.40. The molecular formula is C16H24N8O3Si. The van der Waals surface area contributed by atoms with Gasteiger partial charge in [-0.25, -0.2) is 4.68 Å². The fourth-order valence-electron chi connectivity index (χ4n) is 2.94. The van der Waals surface area contributed by atoms with Crippen LogP contribution in [-0.4, -0.2) is 69.5 Å². The Balaban J connectivity index is 1.87. The van der Waals surface area contributed by atoms with Crippen LogP contribution in [0.1, 0.15) is 20.8 Å². The summed E-state index contributed by atoms with van der Waals surface area (Å²) in [6.45, 7) is 7.87. The SMILES string of the molecule is CCO[Si](CCn1nnnc1-c1ccccc1-c1nn[nH]n1)(OCC)OCC. The molecule has 0 radical (unpaired) electrons. The van der Waals surface area contributed by atoms with E-state index in [4.69, 9.17) is 13.3 Å². The molecule has 0 saturated carbocycles. The summed E-state index contributed by atoms with van der Waals surface area (Å²) in [5.41, 5.74) is 1.60. The highest BCUT2D eigenvalue weighted by molar-refractivity contribution is 6.60. The summed E-state index contributed by atoms with van der Waals surface area (Å²) in [4.78, 5) is 0. The number of aromatic amines is 1. The zero-order chi connectivity index (χ0) is 19.8. The molecule has 0 bridgehead atoms. The number of tetrazole rings is 2. The van der Waals surface area contributed by atoms with Crippen molar-refractivity contribution in [2.75, 3.05) is 19.8 Å². The number of hydrogen-bond donors (Lipinski definition) is 1. The summed E-state index contributed by atoms with van der Waals surface area (Å²) in [5.74, 6) is 1.08. The molecule has 150 valence electrons. The van der Waals surface area contributed by atoms with E-state index in [1.807, 2.05) is 45.0 Å². The lowest BCUT2D eigenvalue weighted by Gasteiger charge is -2.28. The van der Waals surface area contributed by atoms with Crippen molar-refractivity contribution in [2.24, 2.45) is 0 Å². The fraction of sp³-hybridized carbons (Fsp3) is 0.500. The zero-order valence-corrected chi connectivity index (χ0v) is 17.2. The quantitative estimate of drug-likeness (QED) is 0.474. The maximum atomic E-state index is 5.92. The third kappa shape index (κ3) is 4.47. The van der Waals surface area contributed by atoms with Crippen molar-refractivity contribution < 1.29 is 13.3 Å². The van der Waals surface area contributed by atoms with Crippen LogP contribution in [0.3, 0.4) is 0 Å². The van der Waals surface area contributed by atoms with Crippen LogP contribution >= 0.6 is 0 Å². The van der Waals surface area contributed by atoms with Crippen LogP contribution in [0.2, 0.25) is 6.04 Å². The van der Waals surface area contributed by atoms with Gasteiger partial charge in [-0.15, -0.1) is 15.3 Å². The molecule has 11 nitrogen and oxygen atoms in total. The molecular weight excluding hydrogens is 380 g/mol. The average Bonchev–Trinajstić information content (AvgIpc) is 3.39. The predicted octanol–water partition coefficient (Wildman–Crippen LogP) is 1.57. The van der Waals surface area contributed by atoms with Gasteiger partial charge in [0.05, 0.1) is 0 Å². The van der Waals surface area contributed by atoms with E-state index in [-0.39, 0.29) is 0 Å². The van der Waals surface area contributed by atoms with Gasteiger partial charge in [0.15, 0.2) is 5.82 Å². The van der Waals surface area contributed by atoms with Crippen LogP contribution in [0.5, 0.6) is 0 Å². The van der Waals surface area contributed by atoms with Crippen molar-refractivity contribution in [2.45, 2.75) is 33.4 Å². The van der Waals surface area contributed by atoms with E-state index < -0.39 is 8.80 Å². The standard InChI is InChI=1S/C16H24N8O3Si/c1-4-25-28(26-5-2,27-6-3)12-11-24-16(19-22-23-24)14-10-8-7-9-13(14)15-17-20-21-18-15/h7-10H,4-6,11-12H2,1-3H3,(H,17,18,20,21). The Morgan fingerprint density at radius 2 is 1.64 bits per heavy atom. The molecule has 0 fully saturated rings. The van der Waals surface area contributed by atoms with Gasteiger partial charge in [-0.05, 0) is 36.4 Å². The van der Waals surface area contributed by atoms with Gasteiger partial charge in [0.25, 0.3) is 0 Å². The van der Waals surface area contributed by atoms with E-state index in [9.17, 15) is 0 Å². The van der Waals surface area contributed by atoms with Gasteiger partial charge in [-0.2, -0.15) is 5.21 Å². The van der Waals surface area contributed by atoms with Crippen LogP contribution < -0.4 is 0 Å². The van der Waals surface area contributed by atoms with Gasteiger partial charge < -0.3 is 13.3 Å². The second-order valence-corrected chi connectivity index (χ2v) is 8.47. The maximum Gasteiger partial charge on any atom is 0.502 e. The lowest BCUT2D eigenvalue weighted by Crippen LogP contribution is -2.46. The molecule has 0 saturated heterocycles. The largest absolute Gasteiger partial charge is 0.502 e. The number of aromatic nitrogens is 8. The molecule has 1 N–H and O–H groups in total. The van der Waals surface area contributed by atoms with Crippen LogP contribution in [0.4, 0.5) is 0 Å². The number of hydrogen-bond acceptors (Lipinski definition) is 9. The van der Waals surface area contributed by atoms with E-state index in [2.05, 4.69) is 36.1 Å². The van der Waals surface area contributed by atoms with Gasteiger partial charge in [-0.3, -0.25) is 0 Å². The highest BCUT2D eigenvalue weighted by atomic mass is 28.4. The number of rotatable bonds is 11. The number of aryl methyl sites for hydroxylation is 1. The Morgan fingerprint density at radius 3 is 2.25 bits per heavy atom. The van der Waals surface area contributed by atoms with Crippen LogP contribution in [0.25, 0.3) is 22.8 Å². The molecule has 0 aliphatic rings. The fourth-order valence-corrected chi connectivity index (χ4v) is 5.43. The van der Waals surface area contributed by atoms with Gasteiger partial charge in [-0.1, -0.05) is 24.3 Å². The molecule has 2 heterocycles. The van der Waals surface area contributed by atoms with E-state index in [1.165, 1.54) is 0 Å². The third-order valence-corrected chi connectivity index (χ3v) is 7.03. The number of benzene rings is 1. The minimum atomic E-state index is -2.80. The van der Waals surface area contributed by atoms with Crippen molar-refractivity contribution in [3.63, 3.8) is 0 Å². The van der Waals surface area contributed by atoms with Crippen molar-refractivity contribution in [3.8, 4) is 22.8 Å². The van der Waals surface area contributed by atoms with Crippen molar-refractivity contribution in [1.29, 1.82) is 0 Å². The Hall–Kier alpha value is -2.54. The van der Waals surface area contributed by atoms with Crippen LogP contribution in [0, 0.1) is 0 Å². The van der Waals surface area contributed by atoms with Crippen molar-refractivity contribution >= 4 is 8.80 Å². The first-order valence-electron chi connectivity index (χ1n) is 9.24. The molecule has 28 heavy (non-hydrogen) atoms. The first-order valence-corrected chi connectivity index (χ1v) is 11.2. The monoisotopic (exact) mass is 404 g/mol. The zero-order valence-electron chi connectivity index (χ0n) is 16.2. The molecule has 0 aliphatic carbocycles. The normalized spacial score (nSPS) is 11.8. The van der Waals surface area contributed by atoms with Crippen LogP contribution in [-0.2, 0) is 19.8 Å². The van der Waals surface area contributed by atoms with E-state index >= 15 is 0 Å². The van der Waals surface area contributed by atoms with Crippen molar-refractivity contribution in [1.82, 2.24) is 40.8 Å². The second-order valence-electron chi connectivity index (χ2n) is 5.74. The number of nitrogens with zero attached hydrogens (tertiary/aromatic N) is 7. The van der Waals surface area contributed by atoms with Gasteiger partial charge >= 0.3 is 8.80 Å². The molecule has 3 rings (SSSR count). The van der Waals surface area contributed by atoms with E-state index in [0.29, 0.717) is 44.1 Å². The van der Waals surface area contributed by atoms with Crippen molar-refractivity contribution in [3.05, 3.63) is 24.3 Å². The van der Waals surface area contributed by atoms with Crippen LogP contribution in [0.15, 0.2) is 24.3 Å². The topological polar surface area (TPSA) is 126 Å². The molecule has 0 spiro atoms. The smallest absolute Gasteiger partial charge is 0.374 e. The number of H-pyrrole nitrogens is 1. The Bertz CT molecular complexity index is 840. The first kappa shape index (κ1) is 20.2. The Morgan fingerprint density at radius 1 is 0.964 bits per heavy atom. The summed E-state index contributed by atoms with van der Waals surface area (Å²) in [7, 11) is -2.80. The first-order chi connectivity index (χ1) is 13.7. The van der Waals surface area contributed by atoms with E-state index in [0.717, 1.165) is 11.1 Å². The van der Waals surface area contributed by atoms with E-state index in [1.54, 1.807) is 4.68 Å². The highest BCUT2D eigenvalue weighted by Crippen LogP contribution is 2.28. The predicted molar refractivity (Wildman–Crippen MR) is 102 cm³/mol. The summed E-state index contributed by atoms with van der Waals surface area (Å²) in [6, 6.07) is 8.20. The molecule has 3 aromatic rings. The Kier molecular flexibility index (Phi) is 6.92. The molecule has 2 aromatic heterocycles. The molecule has 0 aliphatic heterocycles. The summed E-state index contributed by atoms with van der Waals surface area (Å²) in [5, 5.41) is 26.4. The second kappa shape index (κ2) is 9.59. The lowest BCUT2D eigenvalue weighted by molar-refractivity contribution is 0.0699. The molecule has 0 amide bonds. The molecule has 1 aromatic carbocycles. The lowest BCUT2D eigenvalue weighted by atomic mass is 10.1. The van der Waals surface area contributed by atoms with Gasteiger partial charge in [0.2, 0.25) is 5.82 Å². The summed E-state index contributed by atoms with van der Waals surface area (Å²) in [6.07, 6.45) is 0. The minimum absolute atomic E-state index is 0.479. The Labute approximate surface area is 163 Å². The average molecular weight is 405 g/mol. The molecule has 0 atom stereocenters. The molecule has 12 heteroatoms. The number of nitrogens with one attached hydrogen (secondary N) is 1. The van der Waals surface area contributed by atoms with Gasteiger partial charge in [0, 0.05) is 43.5 Å². The maximum absolute atomic E-state index is 5.92. The minimum Gasteiger partial charge on any atom is -0.374 e.